The highest BCUT2D eigenvalue weighted by atomic mass is 79.9. The van der Waals surface area contributed by atoms with E-state index in [9.17, 15) is 4.79 Å². The van der Waals surface area contributed by atoms with Crippen LogP contribution in [0.3, 0.4) is 0 Å². The monoisotopic (exact) mass is 389 g/mol. The standard InChI is InChI=1S/C18H16BrNO2S/c19-16-5-2-1-4-13(16)7-8-18(21)20-11-15-10-14(12-23-15)17-6-3-9-22-17/h1-6,9-10,12H,7-8,11H2,(H,20,21). The van der Waals surface area contributed by atoms with E-state index >= 15 is 0 Å². The van der Waals surface area contributed by atoms with E-state index in [4.69, 9.17) is 4.42 Å². The fraction of sp³-hybridized carbons (Fsp3) is 0.167. The van der Waals surface area contributed by atoms with Crippen molar-refractivity contribution in [3.05, 3.63) is 69.0 Å². The molecule has 3 rings (SSSR count). The van der Waals surface area contributed by atoms with Gasteiger partial charge in [-0.3, -0.25) is 4.79 Å². The molecule has 1 aromatic carbocycles. The molecule has 0 radical (unpaired) electrons. The number of benzene rings is 1. The van der Waals surface area contributed by atoms with Gasteiger partial charge in [0.05, 0.1) is 12.8 Å². The highest BCUT2D eigenvalue weighted by Gasteiger charge is 2.07. The molecule has 5 heteroatoms. The van der Waals surface area contributed by atoms with E-state index in [-0.39, 0.29) is 5.91 Å². The maximum atomic E-state index is 12.0. The molecule has 1 N–H and O–H groups in total. The number of aryl methyl sites for hydroxylation is 1. The molecule has 0 aliphatic carbocycles. The average Bonchev–Trinajstić information content (AvgIpc) is 3.23. The van der Waals surface area contributed by atoms with Crippen LogP contribution < -0.4 is 5.32 Å². The minimum Gasteiger partial charge on any atom is -0.464 e. The van der Waals surface area contributed by atoms with Crippen LogP contribution in [0.25, 0.3) is 11.3 Å². The lowest BCUT2D eigenvalue weighted by molar-refractivity contribution is -0.121. The van der Waals surface area contributed by atoms with Crippen molar-refractivity contribution in [2.75, 3.05) is 0 Å². The van der Waals surface area contributed by atoms with Crippen molar-refractivity contribution in [2.24, 2.45) is 0 Å². The average molecular weight is 390 g/mol. The van der Waals surface area contributed by atoms with E-state index in [1.54, 1.807) is 17.6 Å². The lowest BCUT2D eigenvalue weighted by Gasteiger charge is -2.05. The van der Waals surface area contributed by atoms with Crippen molar-refractivity contribution in [3.8, 4) is 11.3 Å². The Labute approximate surface area is 147 Å². The highest BCUT2D eigenvalue weighted by molar-refractivity contribution is 9.10. The summed E-state index contributed by atoms with van der Waals surface area (Å²) in [5.74, 6) is 0.918. The second kappa shape index (κ2) is 7.62. The summed E-state index contributed by atoms with van der Waals surface area (Å²) < 4.78 is 6.42. The molecule has 0 bridgehead atoms. The van der Waals surface area contributed by atoms with Gasteiger partial charge in [-0.2, -0.15) is 0 Å². The molecule has 1 amide bonds. The predicted octanol–water partition coefficient (Wildman–Crippen LogP) is 5.02. The van der Waals surface area contributed by atoms with Crippen molar-refractivity contribution in [2.45, 2.75) is 19.4 Å². The Morgan fingerprint density at radius 3 is 2.87 bits per heavy atom. The summed E-state index contributed by atoms with van der Waals surface area (Å²) in [6, 6.07) is 13.8. The van der Waals surface area contributed by atoms with Gasteiger partial charge in [-0.25, -0.2) is 0 Å². The van der Waals surface area contributed by atoms with Gasteiger partial charge < -0.3 is 9.73 Å². The number of rotatable bonds is 6. The van der Waals surface area contributed by atoms with Gasteiger partial charge in [0.2, 0.25) is 5.91 Å². The summed E-state index contributed by atoms with van der Waals surface area (Å²) in [6.45, 7) is 0.556. The Morgan fingerprint density at radius 2 is 2.09 bits per heavy atom. The van der Waals surface area contributed by atoms with Gasteiger partial charge >= 0.3 is 0 Å². The third-order valence-corrected chi connectivity index (χ3v) is 5.21. The van der Waals surface area contributed by atoms with Gasteiger partial charge in [0, 0.05) is 26.7 Å². The number of thiophene rings is 1. The second-order valence-corrected chi connectivity index (χ2v) is 7.00. The lowest BCUT2D eigenvalue weighted by atomic mass is 10.1. The Kier molecular flexibility index (Phi) is 5.31. The first-order valence-corrected chi connectivity index (χ1v) is 9.01. The van der Waals surface area contributed by atoms with Crippen LogP contribution in [0.1, 0.15) is 16.9 Å². The molecule has 0 saturated carbocycles. The fourth-order valence-electron chi connectivity index (χ4n) is 2.27. The summed E-state index contributed by atoms with van der Waals surface area (Å²) in [5, 5.41) is 5.02. The zero-order valence-corrected chi connectivity index (χ0v) is 14.8. The van der Waals surface area contributed by atoms with Crippen molar-refractivity contribution in [3.63, 3.8) is 0 Å². The molecule has 0 unspecified atom stereocenters. The van der Waals surface area contributed by atoms with Crippen molar-refractivity contribution in [1.82, 2.24) is 5.32 Å². The largest absolute Gasteiger partial charge is 0.464 e. The van der Waals surface area contributed by atoms with Crippen molar-refractivity contribution >= 4 is 33.2 Å². The Bertz CT molecular complexity index is 780. The smallest absolute Gasteiger partial charge is 0.220 e. The van der Waals surface area contributed by atoms with Gasteiger partial charge in [-0.1, -0.05) is 34.1 Å². The van der Waals surface area contributed by atoms with E-state index in [0.29, 0.717) is 13.0 Å². The van der Waals surface area contributed by atoms with Gasteiger partial charge in [-0.15, -0.1) is 11.3 Å². The lowest BCUT2D eigenvalue weighted by Crippen LogP contribution is -2.22. The maximum absolute atomic E-state index is 12.0. The number of hydrogen-bond acceptors (Lipinski definition) is 3. The van der Waals surface area contributed by atoms with E-state index in [0.717, 1.165) is 32.7 Å². The van der Waals surface area contributed by atoms with E-state index in [2.05, 4.69) is 27.3 Å². The van der Waals surface area contributed by atoms with Crippen LogP contribution in [0.15, 0.2) is 63.0 Å². The Morgan fingerprint density at radius 1 is 1.22 bits per heavy atom. The molecule has 0 aliphatic rings. The van der Waals surface area contributed by atoms with Gasteiger partial charge in [0.1, 0.15) is 5.76 Å². The number of carbonyl (C=O) groups excluding carboxylic acids is 1. The maximum Gasteiger partial charge on any atom is 0.220 e. The van der Waals surface area contributed by atoms with Crippen LogP contribution in [-0.4, -0.2) is 5.91 Å². The molecule has 3 aromatic rings. The van der Waals surface area contributed by atoms with Crippen LogP contribution in [0.5, 0.6) is 0 Å². The molecular weight excluding hydrogens is 374 g/mol. The van der Waals surface area contributed by atoms with Crippen LogP contribution in [0.2, 0.25) is 0 Å². The van der Waals surface area contributed by atoms with Crippen molar-refractivity contribution < 1.29 is 9.21 Å². The SMILES string of the molecule is O=C(CCc1ccccc1Br)NCc1cc(-c2ccco2)cs1. The van der Waals surface area contributed by atoms with E-state index in [1.807, 2.05) is 41.8 Å². The first-order chi connectivity index (χ1) is 11.2. The quantitative estimate of drug-likeness (QED) is 0.642. The number of nitrogens with one attached hydrogen (secondary N) is 1. The zero-order chi connectivity index (χ0) is 16.1. The molecule has 2 aromatic heterocycles. The highest BCUT2D eigenvalue weighted by Crippen LogP contribution is 2.25. The molecule has 0 spiro atoms. The third kappa shape index (κ3) is 4.33. The fourth-order valence-corrected chi connectivity index (χ4v) is 3.56. The summed E-state index contributed by atoms with van der Waals surface area (Å²) in [7, 11) is 0. The minimum absolute atomic E-state index is 0.0636. The molecule has 0 saturated heterocycles. The predicted molar refractivity (Wildman–Crippen MR) is 96.3 cm³/mol. The van der Waals surface area contributed by atoms with E-state index in [1.165, 1.54) is 0 Å². The summed E-state index contributed by atoms with van der Waals surface area (Å²) in [4.78, 5) is 13.1. The Balaban J connectivity index is 1.49. The van der Waals surface area contributed by atoms with Crippen LogP contribution in [0.4, 0.5) is 0 Å². The third-order valence-electron chi connectivity index (χ3n) is 3.50. The molecule has 118 valence electrons. The molecule has 0 atom stereocenters. The molecule has 23 heavy (non-hydrogen) atoms. The topological polar surface area (TPSA) is 42.2 Å². The number of carbonyl (C=O) groups is 1. The van der Waals surface area contributed by atoms with Crippen molar-refractivity contribution in [1.29, 1.82) is 0 Å². The first-order valence-electron chi connectivity index (χ1n) is 7.34. The minimum atomic E-state index is 0.0636. The number of halogens is 1. The Hall–Kier alpha value is -1.85. The first kappa shape index (κ1) is 16.0. The molecule has 0 fully saturated rings. The van der Waals surface area contributed by atoms with Gasteiger partial charge in [0.15, 0.2) is 0 Å². The molecule has 3 nitrogen and oxygen atoms in total. The van der Waals surface area contributed by atoms with Crippen LogP contribution >= 0.6 is 27.3 Å². The normalized spacial score (nSPS) is 10.7. The number of hydrogen-bond donors (Lipinski definition) is 1. The summed E-state index contributed by atoms with van der Waals surface area (Å²) >= 11 is 5.13. The number of furan rings is 1. The number of amides is 1. The molecule has 0 aliphatic heterocycles. The molecular formula is C18H16BrNO2S. The van der Waals surface area contributed by atoms with Crippen LogP contribution in [-0.2, 0) is 17.8 Å². The second-order valence-electron chi connectivity index (χ2n) is 5.15. The zero-order valence-electron chi connectivity index (χ0n) is 12.4. The summed E-state index contributed by atoms with van der Waals surface area (Å²) in [6.07, 6.45) is 2.88. The molecule has 2 heterocycles. The van der Waals surface area contributed by atoms with E-state index < -0.39 is 0 Å². The van der Waals surface area contributed by atoms with Crippen LogP contribution in [0, 0.1) is 0 Å². The van der Waals surface area contributed by atoms with Gasteiger partial charge in [-0.05, 0) is 36.2 Å². The van der Waals surface area contributed by atoms with Gasteiger partial charge in [0.25, 0.3) is 0 Å². The summed E-state index contributed by atoms with van der Waals surface area (Å²) in [5.41, 5.74) is 2.20.